The molecule has 0 heterocycles. The van der Waals surface area contributed by atoms with Gasteiger partial charge in [-0.2, -0.15) is 0 Å². The molecule has 0 fully saturated rings. The van der Waals surface area contributed by atoms with Crippen LogP contribution in [-0.2, 0) is 4.43 Å². The quantitative estimate of drug-likeness (QED) is 0.414. The second-order valence-corrected chi connectivity index (χ2v) is 8.34. The summed E-state index contributed by atoms with van der Waals surface area (Å²) in [5.41, 5.74) is 0. The van der Waals surface area contributed by atoms with Crippen LogP contribution in [0.1, 0.15) is 66.2 Å². The van der Waals surface area contributed by atoms with E-state index in [2.05, 4.69) is 34.6 Å². The van der Waals surface area contributed by atoms with Crippen molar-refractivity contribution in [2.24, 2.45) is 5.92 Å². The Balaban J connectivity index is 3.27. The second-order valence-electron chi connectivity index (χ2n) is 5.82. The molecule has 0 atom stereocenters. The second kappa shape index (κ2) is 9.23. The van der Waals surface area contributed by atoms with Gasteiger partial charge in [0, 0.05) is 6.61 Å². The van der Waals surface area contributed by atoms with Gasteiger partial charge in [-0.15, -0.1) is 0 Å². The van der Waals surface area contributed by atoms with E-state index >= 15 is 0 Å². The highest BCUT2D eigenvalue weighted by atomic mass is 28.2. The maximum absolute atomic E-state index is 5.89. The van der Waals surface area contributed by atoms with Crippen molar-refractivity contribution in [1.29, 1.82) is 0 Å². The molecular weight excluding hydrogens is 212 g/mol. The first-order valence-electron chi connectivity index (χ1n) is 6.87. The van der Waals surface area contributed by atoms with Gasteiger partial charge in [-0.3, -0.25) is 0 Å². The average molecular weight is 243 g/mol. The number of unbranched alkanes of at least 4 members (excludes halogenated alkanes) is 5. The van der Waals surface area contributed by atoms with Crippen LogP contribution in [0.5, 0.6) is 0 Å². The molecule has 0 bridgehead atoms. The Morgan fingerprint density at radius 3 is 2.19 bits per heavy atom. The molecule has 0 aliphatic rings. The summed E-state index contributed by atoms with van der Waals surface area (Å²) in [6, 6.07) is 0. The fraction of sp³-hybridized carbons (Fsp3) is 0.929. The van der Waals surface area contributed by atoms with Crippen LogP contribution in [0.25, 0.3) is 0 Å². The zero-order chi connectivity index (χ0) is 12.4. The molecule has 1 radical (unpaired) electrons. The van der Waals surface area contributed by atoms with E-state index in [-0.39, 0.29) is 9.76 Å². The molecule has 0 aromatic heterocycles. The predicted octanol–water partition coefficient (Wildman–Crippen LogP) is 4.12. The number of hydrogen-bond donors (Lipinski definition) is 0. The first kappa shape index (κ1) is 16.2. The molecule has 16 heavy (non-hydrogen) atoms. The van der Waals surface area contributed by atoms with Gasteiger partial charge in [0.05, 0.1) is 0 Å². The lowest BCUT2D eigenvalue weighted by Crippen LogP contribution is -2.22. The normalized spacial score (nSPS) is 13.1. The molecular formula is C14H31OSi. The third-order valence-electron chi connectivity index (χ3n) is 3.58. The Labute approximate surface area is 105 Å². The van der Waals surface area contributed by atoms with Crippen molar-refractivity contribution >= 4 is 9.76 Å². The molecule has 97 valence electrons. The smallest absolute Gasteiger partial charge is 0.167 e. The van der Waals surface area contributed by atoms with E-state index in [0.717, 1.165) is 18.9 Å². The van der Waals surface area contributed by atoms with Gasteiger partial charge in [0.2, 0.25) is 0 Å². The van der Waals surface area contributed by atoms with Crippen LogP contribution in [0.2, 0.25) is 5.04 Å². The van der Waals surface area contributed by atoms with Gasteiger partial charge in [-0.25, -0.2) is 0 Å². The minimum atomic E-state index is -0.362. The molecule has 2 heteroatoms. The summed E-state index contributed by atoms with van der Waals surface area (Å²) in [5, 5.41) is 0.452. The maximum atomic E-state index is 5.89. The van der Waals surface area contributed by atoms with E-state index in [0.29, 0.717) is 5.04 Å². The van der Waals surface area contributed by atoms with Crippen molar-refractivity contribution in [3.05, 3.63) is 6.92 Å². The van der Waals surface area contributed by atoms with Crippen LogP contribution in [0.3, 0.4) is 0 Å². The Hall–Kier alpha value is 0.177. The Morgan fingerprint density at radius 1 is 1.06 bits per heavy atom. The van der Waals surface area contributed by atoms with Crippen LogP contribution >= 0.6 is 0 Å². The lowest BCUT2D eigenvalue weighted by molar-refractivity contribution is 0.291. The molecule has 0 spiro atoms. The third-order valence-corrected chi connectivity index (χ3v) is 5.63. The van der Waals surface area contributed by atoms with Gasteiger partial charge >= 0.3 is 0 Å². The summed E-state index contributed by atoms with van der Waals surface area (Å²) in [4.78, 5) is 0. The predicted molar refractivity (Wildman–Crippen MR) is 76.4 cm³/mol. The van der Waals surface area contributed by atoms with Crippen molar-refractivity contribution in [3.8, 4) is 0 Å². The lowest BCUT2D eigenvalue weighted by Gasteiger charge is -2.28. The fourth-order valence-corrected chi connectivity index (χ4v) is 2.62. The van der Waals surface area contributed by atoms with Gasteiger partial charge in [0.1, 0.15) is 0 Å². The van der Waals surface area contributed by atoms with Gasteiger partial charge in [0.15, 0.2) is 9.76 Å². The van der Waals surface area contributed by atoms with Crippen LogP contribution in [0, 0.1) is 12.8 Å². The van der Waals surface area contributed by atoms with Crippen LogP contribution < -0.4 is 0 Å². The summed E-state index contributed by atoms with van der Waals surface area (Å²) >= 11 is 0. The molecule has 0 aliphatic carbocycles. The van der Waals surface area contributed by atoms with E-state index < -0.39 is 0 Å². The average Bonchev–Trinajstić information content (AvgIpc) is 2.21. The van der Waals surface area contributed by atoms with Crippen LogP contribution in [-0.4, -0.2) is 16.4 Å². The highest BCUT2D eigenvalue weighted by Crippen LogP contribution is 2.32. The topological polar surface area (TPSA) is 9.23 Å². The first-order chi connectivity index (χ1) is 7.50. The number of rotatable bonds is 10. The molecule has 0 aromatic carbocycles. The SMILES string of the molecule is [CH2]CCCCCCCO[SiH2]C(C)(C)C(C)C. The van der Waals surface area contributed by atoms with Crippen molar-refractivity contribution in [2.75, 3.05) is 6.61 Å². The van der Waals surface area contributed by atoms with Gasteiger partial charge in [-0.1, -0.05) is 66.7 Å². The monoisotopic (exact) mass is 243 g/mol. The Bertz CT molecular complexity index is 155. The Morgan fingerprint density at radius 2 is 1.62 bits per heavy atom. The minimum Gasteiger partial charge on any atom is -0.423 e. The number of hydrogen-bond acceptors (Lipinski definition) is 1. The zero-order valence-corrected chi connectivity index (χ0v) is 13.3. The zero-order valence-electron chi connectivity index (χ0n) is 11.8. The van der Waals surface area contributed by atoms with Crippen molar-refractivity contribution < 1.29 is 4.43 Å². The Kier molecular flexibility index (Phi) is 9.33. The largest absolute Gasteiger partial charge is 0.423 e. The molecule has 1 nitrogen and oxygen atoms in total. The summed E-state index contributed by atoms with van der Waals surface area (Å²) in [6.07, 6.45) is 7.66. The third kappa shape index (κ3) is 8.34. The van der Waals surface area contributed by atoms with Crippen molar-refractivity contribution in [2.45, 2.75) is 71.3 Å². The van der Waals surface area contributed by atoms with E-state index in [1.165, 1.54) is 32.1 Å². The molecule has 0 N–H and O–H groups in total. The summed E-state index contributed by atoms with van der Waals surface area (Å²) < 4.78 is 5.89. The maximum Gasteiger partial charge on any atom is 0.167 e. The minimum absolute atomic E-state index is 0.362. The molecule has 0 aliphatic heterocycles. The highest BCUT2D eigenvalue weighted by molar-refractivity contribution is 6.32. The van der Waals surface area contributed by atoms with Crippen LogP contribution in [0.15, 0.2) is 0 Å². The fourth-order valence-electron chi connectivity index (χ4n) is 1.41. The van der Waals surface area contributed by atoms with Crippen LogP contribution in [0.4, 0.5) is 0 Å². The first-order valence-corrected chi connectivity index (χ1v) is 8.16. The van der Waals surface area contributed by atoms with Gasteiger partial charge < -0.3 is 4.43 Å². The molecule has 0 saturated heterocycles. The van der Waals surface area contributed by atoms with Gasteiger partial charge in [0.25, 0.3) is 0 Å². The van der Waals surface area contributed by atoms with E-state index in [1.54, 1.807) is 0 Å². The lowest BCUT2D eigenvalue weighted by atomic mass is 9.99. The standard InChI is InChI=1S/C14H31OSi/c1-6-7-8-9-10-11-12-15-16-14(4,5)13(2)3/h13H,1,6-12,16H2,2-5H3. The summed E-state index contributed by atoms with van der Waals surface area (Å²) in [5.74, 6) is 0.747. The summed E-state index contributed by atoms with van der Waals surface area (Å²) in [6.45, 7) is 14.1. The van der Waals surface area contributed by atoms with Crippen molar-refractivity contribution in [1.82, 2.24) is 0 Å². The molecule has 0 amide bonds. The van der Waals surface area contributed by atoms with Gasteiger partial charge in [-0.05, 0) is 17.4 Å². The summed E-state index contributed by atoms with van der Waals surface area (Å²) in [7, 11) is -0.362. The van der Waals surface area contributed by atoms with E-state index in [1.807, 2.05) is 0 Å². The molecule has 0 rings (SSSR count). The molecule has 0 aromatic rings. The van der Waals surface area contributed by atoms with E-state index in [9.17, 15) is 0 Å². The molecule has 0 saturated carbocycles. The molecule has 0 unspecified atom stereocenters. The van der Waals surface area contributed by atoms with Crippen molar-refractivity contribution in [3.63, 3.8) is 0 Å². The van der Waals surface area contributed by atoms with E-state index in [4.69, 9.17) is 4.43 Å². The highest BCUT2D eigenvalue weighted by Gasteiger charge is 2.23.